The molecule has 0 saturated carbocycles. The Morgan fingerprint density at radius 1 is 1.32 bits per heavy atom. The van der Waals surface area contributed by atoms with E-state index in [1.165, 1.54) is 6.92 Å². The zero-order valence-electron chi connectivity index (χ0n) is 14.1. The zero-order valence-corrected chi connectivity index (χ0v) is 14.1. The van der Waals surface area contributed by atoms with Crippen molar-refractivity contribution < 1.29 is 19.1 Å². The second kappa shape index (κ2) is 7.21. The fourth-order valence-corrected chi connectivity index (χ4v) is 2.60. The highest BCUT2D eigenvalue weighted by Crippen LogP contribution is 2.26. The number of nitrogens with one attached hydrogen (secondary N) is 1. The normalized spacial score (nSPS) is 16.5. The molecule has 0 aliphatic carbocycles. The molecule has 1 N–H and O–H groups in total. The van der Waals surface area contributed by atoms with Crippen LogP contribution in [0.2, 0.25) is 0 Å². The summed E-state index contributed by atoms with van der Waals surface area (Å²) in [5.41, 5.74) is 2.45. The lowest BCUT2D eigenvalue weighted by atomic mass is 10.1. The number of amides is 2. The van der Waals surface area contributed by atoms with Crippen molar-refractivity contribution in [2.75, 3.05) is 25.1 Å². The molecule has 1 aliphatic heterocycles. The topological polar surface area (TPSA) is 80.8 Å². The number of carbonyl (C=O) groups is 2. The largest absolute Gasteiger partial charge is 0.481 e. The lowest BCUT2D eigenvalue weighted by Gasteiger charge is -2.13. The summed E-state index contributed by atoms with van der Waals surface area (Å²) in [6.07, 6.45) is -0.765. The Morgan fingerprint density at radius 2 is 2.08 bits per heavy atom. The number of hydrogen-bond acceptors (Lipinski definition) is 5. The van der Waals surface area contributed by atoms with E-state index in [1.807, 2.05) is 36.4 Å². The Bertz CT molecular complexity index is 776. The van der Waals surface area contributed by atoms with Crippen LogP contribution in [0.1, 0.15) is 6.92 Å². The molecule has 0 radical (unpaired) electrons. The molecule has 1 aliphatic rings. The molecule has 0 unspecified atom stereocenters. The van der Waals surface area contributed by atoms with Crippen LogP contribution in [0.25, 0.3) is 11.3 Å². The molecule has 1 aromatic carbocycles. The third-order valence-corrected chi connectivity index (χ3v) is 3.86. The Kier molecular flexibility index (Phi) is 4.83. The first-order valence-electron chi connectivity index (χ1n) is 7.91. The van der Waals surface area contributed by atoms with Gasteiger partial charge in [-0.25, -0.2) is 9.78 Å². The van der Waals surface area contributed by atoms with Gasteiger partial charge in [-0.15, -0.1) is 0 Å². The number of anilines is 1. The number of carbonyl (C=O) groups excluding carboxylic acids is 2. The summed E-state index contributed by atoms with van der Waals surface area (Å²) in [4.78, 5) is 28.9. The Balaban J connectivity index is 1.71. The molecular formula is C18H19N3O4. The van der Waals surface area contributed by atoms with Gasteiger partial charge in [-0.3, -0.25) is 9.69 Å². The summed E-state index contributed by atoms with van der Waals surface area (Å²) in [5, 5.41) is 2.66. The van der Waals surface area contributed by atoms with Crippen LogP contribution >= 0.6 is 0 Å². The van der Waals surface area contributed by atoms with Crippen LogP contribution in [0.4, 0.5) is 10.5 Å². The van der Waals surface area contributed by atoms with E-state index in [-0.39, 0.29) is 12.0 Å². The fraction of sp³-hybridized carbons (Fsp3) is 0.278. The molecule has 130 valence electrons. The highest BCUT2D eigenvalue weighted by Gasteiger charge is 2.32. The third kappa shape index (κ3) is 3.88. The molecule has 1 atom stereocenters. The summed E-state index contributed by atoms with van der Waals surface area (Å²) in [6, 6.07) is 13.0. The number of pyridine rings is 1. The highest BCUT2D eigenvalue weighted by atomic mass is 16.6. The van der Waals surface area contributed by atoms with Gasteiger partial charge in [0.25, 0.3) is 0 Å². The van der Waals surface area contributed by atoms with Gasteiger partial charge in [-0.1, -0.05) is 18.2 Å². The minimum absolute atomic E-state index is 0.148. The average molecular weight is 341 g/mol. The van der Waals surface area contributed by atoms with Crippen LogP contribution < -0.4 is 15.0 Å². The van der Waals surface area contributed by atoms with Crippen molar-refractivity contribution in [2.45, 2.75) is 13.0 Å². The van der Waals surface area contributed by atoms with Gasteiger partial charge in [-0.2, -0.15) is 0 Å². The molecule has 1 aromatic heterocycles. The standard InChI is InChI=1S/C18H19N3O4/c1-12(22)19-10-15-11-21(18(23)25-15)14-8-6-13(7-9-14)16-4-3-5-17(20-16)24-2/h3-9,15H,10-11H2,1-2H3,(H,19,22)/t15-/m0/s1. The molecular weight excluding hydrogens is 322 g/mol. The van der Waals surface area contributed by atoms with E-state index in [0.29, 0.717) is 19.0 Å². The smallest absolute Gasteiger partial charge is 0.414 e. The van der Waals surface area contributed by atoms with Gasteiger partial charge in [0, 0.05) is 24.2 Å². The van der Waals surface area contributed by atoms with Crippen molar-refractivity contribution in [3.63, 3.8) is 0 Å². The third-order valence-electron chi connectivity index (χ3n) is 3.86. The van der Waals surface area contributed by atoms with Gasteiger partial charge in [-0.05, 0) is 18.2 Å². The number of nitrogens with zero attached hydrogens (tertiary/aromatic N) is 2. The summed E-state index contributed by atoms with van der Waals surface area (Å²) >= 11 is 0. The second-order valence-electron chi connectivity index (χ2n) is 5.67. The van der Waals surface area contributed by atoms with Crippen LogP contribution in [0.5, 0.6) is 5.88 Å². The van der Waals surface area contributed by atoms with Gasteiger partial charge < -0.3 is 14.8 Å². The average Bonchev–Trinajstić information content (AvgIpc) is 3.01. The van der Waals surface area contributed by atoms with Crippen molar-refractivity contribution >= 4 is 17.7 Å². The molecule has 1 fully saturated rings. The van der Waals surface area contributed by atoms with Gasteiger partial charge >= 0.3 is 6.09 Å². The van der Waals surface area contributed by atoms with Gasteiger partial charge in [0.05, 0.1) is 25.9 Å². The predicted molar refractivity (Wildman–Crippen MR) is 92.5 cm³/mol. The molecule has 2 aromatic rings. The summed E-state index contributed by atoms with van der Waals surface area (Å²) in [6.45, 7) is 2.14. The van der Waals surface area contributed by atoms with E-state index in [2.05, 4.69) is 10.3 Å². The Morgan fingerprint density at radius 3 is 2.76 bits per heavy atom. The van der Waals surface area contributed by atoms with Crippen molar-refractivity contribution in [1.82, 2.24) is 10.3 Å². The van der Waals surface area contributed by atoms with E-state index in [0.717, 1.165) is 16.9 Å². The number of hydrogen-bond donors (Lipinski definition) is 1. The fourth-order valence-electron chi connectivity index (χ4n) is 2.60. The molecule has 1 saturated heterocycles. The number of benzene rings is 1. The van der Waals surface area contributed by atoms with Crippen molar-refractivity contribution in [1.29, 1.82) is 0 Å². The molecule has 3 rings (SSSR count). The molecule has 0 spiro atoms. The summed E-state index contributed by atoms with van der Waals surface area (Å²) in [5.74, 6) is 0.398. The van der Waals surface area contributed by atoms with Gasteiger partial charge in [0.15, 0.2) is 0 Å². The highest BCUT2D eigenvalue weighted by molar-refractivity contribution is 5.90. The van der Waals surface area contributed by atoms with Crippen LogP contribution in [0, 0.1) is 0 Å². The Labute approximate surface area is 145 Å². The molecule has 0 bridgehead atoms. The minimum atomic E-state index is -0.414. The van der Waals surface area contributed by atoms with Crippen molar-refractivity contribution in [3.8, 4) is 17.1 Å². The molecule has 25 heavy (non-hydrogen) atoms. The molecule has 7 heteroatoms. The number of cyclic esters (lactones) is 1. The lowest BCUT2D eigenvalue weighted by molar-refractivity contribution is -0.119. The van der Waals surface area contributed by atoms with Crippen molar-refractivity contribution in [2.24, 2.45) is 0 Å². The monoisotopic (exact) mass is 341 g/mol. The van der Waals surface area contributed by atoms with Gasteiger partial charge in [0.2, 0.25) is 11.8 Å². The maximum absolute atomic E-state index is 12.0. The molecule has 7 nitrogen and oxygen atoms in total. The zero-order chi connectivity index (χ0) is 17.8. The van der Waals surface area contributed by atoms with E-state index >= 15 is 0 Å². The van der Waals surface area contributed by atoms with E-state index in [4.69, 9.17) is 9.47 Å². The second-order valence-corrected chi connectivity index (χ2v) is 5.67. The maximum Gasteiger partial charge on any atom is 0.414 e. The maximum atomic E-state index is 12.0. The minimum Gasteiger partial charge on any atom is -0.481 e. The first-order chi connectivity index (χ1) is 12.1. The van der Waals surface area contributed by atoms with Crippen LogP contribution in [0.15, 0.2) is 42.5 Å². The SMILES string of the molecule is COc1cccc(-c2ccc(N3C[C@H](CNC(C)=O)OC3=O)cc2)n1. The van der Waals surface area contributed by atoms with Crippen LogP contribution in [-0.2, 0) is 9.53 Å². The van der Waals surface area contributed by atoms with E-state index < -0.39 is 6.09 Å². The molecule has 2 heterocycles. The predicted octanol–water partition coefficient (Wildman–Crippen LogP) is 2.22. The van der Waals surface area contributed by atoms with E-state index in [9.17, 15) is 9.59 Å². The molecule has 2 amide bonds. The summed E-state index contributed by atoms with van der Waals surface area (Å²) < 4.78 is 10.4. The lowest BCUT2D eigenvalue weighted by Crippen LogP contribution is -2.33. The quantitative estimate of drug-likeness (QED) is 0.902. The Hall–Kier alpha value is -3.09. The number of methoxy groups -OCH3 is 1. The van der Waals surface area contributed by atoms with Crippen LogP contribution in [0.3, 0.4) is 0 Å². The van der Waals surface area contributed by atoms with Crippen molar-refractivity contribution in [3.05, 3.63) is 42.5 Å². The van der Waals surface area contributed by atoms with Crippen LogP contribution in [-0.4, -0.2) is 43.3 Å². The first kappa shape index (κ1) is 16.8. The summed E-state index contributed by atoms with van der Waals surface area (Å²) in [7, 11) is 1.57. The van der Waals surface area contributed by atoms with Gasteiger partial charge in [0.1, 0.15) is 6.10 Å². The number of rotatable bonds is 5. The number of aromatic nitrogens is 1. The number of ether oxygens (including phenoxy) is 2. The first-order valence-corrected chi connectivity index (χ1v) is 7.91. The van der Waals surface area contributed by atoms with E-state index in [1.54, 1.807) is 18.1 Å².